The topological polar surface area (TPSA) is 85.0 Å². The number of ether oxygens (including phenoxy) is 3. The Morgan fingerprint density at radius 3 is 2.55 bits per heavy atom. The Balaban J connectivity index is 1.21. The van der Waals surface area contributed by atoms with Crippen LogP contribution in [-0.2, 0) is 11.2 Å². The van der Waals surface area contributed by atoms with Gasteiger partial charge in [-0.15, -0.1) is 0 Å². The molecule has 1 fully saturated rings. The first-order chi connectivity index (χ1) is 21.4. The molecule has 1 aromatic heterocycles. The van der Waals surface area contributed by atoms with Crippen LogP contribution in [-0.4, -0.2) is 54.3 Å². The second-order valence-electron chi connectivity index (χ2n) is 10.8. The summed E-state index contributed by atoms with van der Waals surface area (Å²) in [6.45, 7) is 5.86. The Morgan fingerprint density at radius 1 is 1.02 bits per heavy atom. The third-order valence-corrected chi connectivity index (χ3v) is 8.01. The van der Waals surface area contributed by atoms with Crippen LogP contribution < -0.4 is 24.8 Å². The molecule has 0 aliphatic carbocycles. The molecule has 3 aromatic carbocycles. The van der Waals surface area contributed by atoms with Crippen molar-refractivity contribution in [2.75, 3.05) is 38.7 Å². The molecule has 8 nitrogen and oxygen atoms in total. The number of piperidine rings is 1. The lowest BCUT2D eigenvalue weighted by atomic mass is 9.94. The number of nitrogens with zero attached hydrogens (tertiary/aromatic N) is 2. The number of likely N-dealkylation sites (tertiary alicyclic amines) is 1. The van der Waals surface area contributed by atoms with Crippen molar-refractivity contribution in [3.8, 4) is 23.0 Å². The number of benzene rings is 3. The number of hydrogen-bond donors (Lipinski definition) is 2. The van der Waals surface area contributed by atoms with Crippen LogP contribution in [0.25, 0.3) is 10.9 Å². The maximum Gasteiger partial charge on any atom is 0.230 e. The van der Waals surface area contributed by atoms with Crippen LogP contribution in [0, 0.1) is 11.7 Å². The molecule has 0 unspecified atom stereocenters. The van der Waals surface area contributed by atoms with Gasteiger partial charge >= 0.3 is 0 Å². The zero-order valence-electron chi connectivity index (χ0n) is 25.0. The van der Waals surface area contributed by atoms with Gasteiger partial charge in [0.15, 0.2) is 28.2 Å². The fourth-order valence-electron chi connectivity index (χ4n) is 5.29. The predicted molar refractivity (Wildman–Crippen MR) is 174 cm³/mol. The van der Waals surface area contributed by atoms with Crippen molar-refractivity contribution in [3.63, 3.8) is 0 Å². The van der Waals surface area contributed by atoms with Crippen molar-refractivity contribution < 1.29 is 23.4 Å². The number of halogens is 1. The average molecular weight is 617 g/mol. The molecule has 10 heteroatoms. The van der Waals surface area contributed by atoms with Gasteiger partial charge < -0.3 is 24.8 Å². The highest BCUT2D eigenvalue weighted by Crippen LogP contribution is 2.38. The SMILES string of the molecule is CCC1CCN(CCOc2cc3nccc(Oc4ccc(NC(=S)NC(=O)Cc5ccccc5)cc4F)c3cc2OC)CC1. The maximum absolute atomic E-state index is 15.1. The Morgan fingerprint density at radius 2 is 1.82 bits per heavy atom. The quantitative estimate of drug-likeness (QED) is 0.180. The Bertz CT molecular complexity index is 1600. The van der Waals surface area contributed by atoms with Gasteiger partial charge in [0.1, 0.15) is 12.4 Å². The van der Waals surface area contributed by atoms with Crippen LogP contribution in [0.3, 0.4) is 0 Å². The van der Waals surface area contributed by atoms with Gasteiger partial charge in [0.05, 0.1) is 19.0 Å². The van der Waals surface area contributed by atoms with E-state index >= 15 is 4.39 Å². The second kappa shape index (κ2) is 14.9. The minimum absolute atomic E-state index is 0.0215. The third-order valence-electron chi connectivity index (χ3n) is 7.81. The highest BCUT2D eigenvalue weighted by Gasteiger charge is 2.18. The average Bonchev–Trinajstić information content (AvgIpc) is 3.02. The monoisotopic (exact) mass is 616 g/mol. The fraction of sp³-hybridized carbons (Fsp3) is 0.324. The molecule has 44 heavy (non-hydrogen) atoms. The third kappa shape index (κ3) is 8.21. The Hall–Kier alpha value is -4.28. The number of nitrogens with one attached hydrogen (secondary N) is 2. The summed E-state index contributed by atoms with van der Waals surface area (Å²) in [5.41, 5.74) is 1.87. The van der Waals surface area contributed by atoms with Gasteiger partial charge in [-0.05, 0) is 73.9 Å². The van der Waals surface area contributed by atoms with E-state index in [2.05, 4.69) is 27.4 Å². The number of fused-ring (bicyclic) bond motifs is 1. The lowest BCUT2D eigenvalue weighted by Crippen LogP contribution is -2.36. The minimum Gasteiger partial charge on any atom is -0.493 e. The van der Waals surface area contributed by atoms with Crippen molar-refractivity contribution in [3.05, 3.63) is 84.3 Å². The fourth-order valence-corrected chi connectivity index (χ4v) is 5.52. The van der Waals surface area contributed by atoms with Crippen LogP contribution in [0.15, 0.2) is 72.9 Å². The molecule has 4 aromatic rings. The first-order valence-corrected chi connectivity index (χ1v) is 15.3. The smallest absolute Gasteiger partial charge is 0.230 e. The lowest BCUT2D eigenvalue weighted by molar-refractivity contribution is -0.119. The molecule has 0 atom stereocenters. The number of thiocarbonyl (C=S) groups is 1. The van der Waals surface area contributed by atoms with Crippen molar-refractivity contribution in [1.29, 1.82) is 0 Å². The number of anilines is 1. The largest absolute Gasteiger partial charge is 0.493 e. The molecule has 0 radical (unpaired) electrons. The molecule has 2 N–H and O–H groups in total. The molecule has 0 saturated carbocycles. The van der Waals surface area contributed by atoms with E-state index in [0.29, 0.717) is 40.4 Å². The van der Waals surface area contributed by atoms with Gasteiger partial charge in [0.2, 0.25) is 5.91 Å². The van der Waals surface area contributed by atoms with Crippen molar-refractivity contribution >= 4 is 39.8 Å². The molecular formula is C34H37FN4O4S. The van der Waals surface area contributed by atoms with E-state index < -0.39 is 5.82 Å². The van der Waals surface area contributed by atoms with E-state index in [1.54, 1.807) is 31.5 Å². The maximum atomic E-state index is 15.1. The van der Waals surface area contributed by atoms with Crippen LogP contribution in [0.1, 0.15) is 31.7 Å². The molecule has 0 spiro atoms. The van der Waals surface area contributed by atoms with E-state index in [1.807, 2.05) is 36.4 Å². The van der Waals surface area contributed by atoms with Gasteiger partial charge in [0.25, 0.3) is 0 Å². The van der Waals surface area contributed by atoms with E-state index in [1.165, 1.54) is 31.4 Å². The number of pyridine rings is 1. The number of carbonyl (C=O) groups is 1. The van der Waals surface area contributed by atoms with Gasteiger partial charge in [-0.3, -0.25) is 14.7 Å². The number of aromatic nitrogens is 1. The van der Waals surface area contributed by atoms with Crippen molar-refractivity contribution in [1.82, 2.24) is 15.2 Å². The summed E-state index contributed by atoms with van der Waals surface area (Å²) in [7, 11) is 1.58. The minimum atomic E-state index is -0.603. The highest BCUT2D eigenvalue weighted by molar-refractivity contribution is 7.80. The van der Waals surface area contributed by atoms with Crippen LogP contribution in [0.4, 0.5) is 10.1 Å². The molecule has 1 amide bonds. The number of carbonyl (C=O) groups excluding carboxylic acids is 1. The molecule has 5 rings (SSSR count). The molecule has 0 bridgehead atoms. The number of rotatable bonds is 11. The van der Waals surface area contributed by atoms with Crippen molar-refractivity contribution in [2.24, 2.45) is 5.92 Å². The molecule has 2 heterocycles. The number of amides is 1. The first kappa shape index (κ1) is 31.2. The molecular weight excluding hydrogens is 579 g/mol. The van der Waals surface area contributed by atoms with E-state index in [-0.39, 0.29) is 23.2 Å². The van der Waals surface area contributed by atoms with Gasteiger partial charge in [-0.1, -0.05) is 43.7 Å². The Kier molecular flexibility index (Phi) is 10.6. The summed E-state index contributed by atoms with van der Waals surface area (Å²) in [5.74, 6) is 1.55. The summed E-state index contributed by atoms with van der Waals surface area (Å²) in [4.78, 5) is 19.2. The summed E-state index contributed by atoms with van der Waals surface area (Å²) in [5, 5.41) is 6.19. The highest BCUT2D eigenvalue weighted by atomic mass is 32.1. The summed E-state index contributed by atoms with van der Waals surface area (Å²) >= 11 is 5.24. The van der Waals surface area contributed by atoms with Crippen molar-refractivity contribution in [2.45, 2.75) is 32.6 Å². The lowest BCUT2D eigenvalue weighted by Gasteiger charge is -2.31. The van der Waals surface area contributed by atoms with Crippen LogP contribution in [0.2, 0.25) is 0 Å². The Labute approximate surface area is 262 Å². The van der Waals surface area contributed by atoms with E-state index in [0.717, 1.165) is 31.1 Å². The second-order valence-corrected chi connectivity index (χ2v) is 11.2. The zero-order chi connectivity index (χ0) is 30.9. The van der Waals surface area contributed by atoms with Gasteiger partial charge in [-0.2, -0.15) is 0 Å². The molecule has 1 saturated heterocycles. The van der Waals surface area contributed by atoms with E-state index in [4.69, 9.17) is 26.4 Å². The summed E-state index contributed by atoms with van der Waals surface area (Å²) in [6, 6.07) is 19.0. The molecule has 1 aliphatic rings. The van der Waals surface area contributed by atoms with Crippen LogP contribution in [0.5, 0.6) is 23.0 Å². The first-order valence-electron chi connectivity index (χ1n) is 14.9. The molecule has 230 valence electrons. The van der Waals surface area contributed by atoms with Gasteiger partial charge in [-0.25, -0.2) is 4.39 Å². The normalized spacial score (nSPS) is 13.8. The van der Waals surface area contributed by atoms with Gasteiger partial charge in [0, 0.05) is 35.9 Å². The molecule has 1 aliphatic heterocycles. The standard InChI is InChI=1S/C34H37FN4O4S/c1-3-23-12-15-39(16-13-23)17-18-42-32-22-28-26(21-31(32)41-2)29(11-14-36-28)43-30-10-9-25(20-27(30)35)37-34(44)38-33(40)19-24-7-5-4-6-8-24/h4-11,14,20-23H,3,12-13,15-19H2,1-2H3,(H2,37,38,40,44). The zero-order valence-corrected chi connectivity index (χ0v) is 25.8. The number of methoxy groups -OCH3 is 1. The number of hydrogen-bond acceptors (Lipinski definition) is 7. The van der Waals surface area contributed by atoms with E-state index in [9.17, 15) is 4.79 Å². The predicted octanol–water partition coefficient (Wildman–Crippen LogP) is 6.73. The van der Waals surface area contributed by atoms with Crippen LogP contribution >= 0.6 is 12.2 Å². The summed E-state index contributed by atoms with van der Waals surface area (Å²) in [6.07, 6.45) is 5.51. The summed E-state index contributed by atoms with van der Waals surface area (Å²) < 4.78 is 32.8.